The summed E-state index contributed by atoms with van der Waals surface area (Å²) in [4.78, 5) is 2.36. The van der Waals surface area contributed by atoms with Crippen molar-refractivity contribution in [2.75, 3.05) is 19.6 Å². The average Bonchev–Trinajstić information content (AvgIpc) is 3.05. The van der Waals surface area contributed by atoms with Gasteiger partial charge in [0.05, 0.1) is 6.54 Å². The Morgan fingerprint density at radius 1 is 1.47 bits per heavy atom. The molecule has 1 aliphatic rings. The van der Waals surface area contributed by atoms with Gasteiger partial charge in [0.1, 0.15) is 0 Å². The van der Waals surface area contributed by atoms with E-state index in [-0.39, 0.29) is 0 Å². The Hall–Kier alpha value is -0.520. The van der Waals surface area contributed by atoms with Crippen molar-refractivity contribution in [2.45, 2.75) is 45.7 Å². The topological polar surface area (TPSA) is 15.3 Å². The van der Waals surface area contributed by atoms with Crippen LogP contribution in [0.15, 0.2) is 0 Å². The van der Waals surface area contributed by atoms with Gasteiger partial charge in [0.2, 0.25) is 0 Å². The fourth-order valence-electron chi connectivity index (χ4n) is 1.83. The molecule has 1 saturated carbocycles. The van der Waals surface area contributed by atoms with Crippen molar-refractivity contribution in [1.29, 1.82) is 0 Å². The van der Waals surface area contributed by atoms with Gasteiger partial charge in [-0.3, -0.25) is 4.90 Å². The number of nitrogens with zero attached hydrogens (tertiary/aromatic N) is 1. The van der Waals surface area contributed by atoms with Gasteiger partial charge in [0.15, 0.2) is 0 Å². The largest absolute Gasteiger partial charge is 0.314 e. The smallest absolute Gasteiger partial charge is 0.0601 e. The van der Waals surface area contributed by atoms with E-state index >= 15 is 0 Å². The lowest BCUT2D eigenvalue weighted by atomic mass is 10.0. The minimum Gasteiger partial charge on any atom is -0.314 e. The molecule has 15 heavy (non-hydrogen) atoms. The highest BCUT2D eigenvalue weighted by Crippen LogP contribution is 2.19. The van der Waals surface area contributed by atoms with Crippen LogP contribution in [-0.4, -0.2) is 36.6 Å². The van der Waals surface area contributed by atoms with Crippen molar-refractivity contribution in [3.63, 3.8) is 0 Å². The fraction of sp³-hybridized carbons (Fsp3) is 0.846. The second-order valence-corrected chi connectivity index (χ2v) is 4.67. The van der Waals surface area contributed by atoms with E-state index in [1.807, 2.05) is 0 Å². The van der Waals surface area contributed by atoms with E-state index in [4.69, 9.17) is 6.42 Å². The number of hydrogen-bond donors (Lipinski definition) is 1. The first-order valence-electron chi connectivity index (χ1n) is 6.09. The Labute approximate surface area is 94.4 Å². The summed E-state index contributed by atoms with van der Waals surface area (Å²) >= 11 is 0. The van der Waals surface area contributed by atoms with E-state index in [2.05, 4.69) is 36.9 Å². The molecule has 1 rings (SSSR count). The van der Waals surface area contributed by atoms with Gasteiger partial charge in [-0.2, -0.15) is 0 Å². The monoisotopic (exact) mass is 208 g/mol. The summed E-state index contributed by atoms with van der Waals surface area (Å²) in [5.41, 5.74) is 0. The minimum absolute atomic E-state index is 0.567. The zero-order valence-electron chi connectivity index (χ0n) is 10.3. The normalized spacial score (nSPS) is 19.9. The number of rotatable bonds is 7. The molecule has 0 radical (unpaired) electrons. The molecule has 0 heterocycles. The molecule has 0 aromatic rings. The maximum Gasteiger partial charge on any atom is 0.0601 e. The van der Waals surface area contributed by atoms with Crippen LogP contribution in [0.1, 0.15) is 33.6 Å². The Morgan fingerprint density at radius 3 is 2.60 bits per heavy atom. The maximum atomic E-state index is 5.37. The zero-order valence-corrected chi connectivity index (χ0v) is 10.3. The van der Waals surface area contributed by atoms with E-state index in [1.54, 1.807) is 0 Å². The first-order chi connectivity index (χ1) is 7.19. The summed E-state index contributed by atoms with van der Waals surface area (Å²) in [6.45, 7) is 9.69. The van der Waals surface area contributed by atoms with Crippen LogP contribution in [0.2, 0.25) is 0 Å². The quantitative estimate of drug-likeness (QED) is 0.641. The van der Waals surface area contributed by atoms with Crippen molar-refractivity contribution >= 4 is 0 Å². The van der Waals surface area contributed by atoms with Gasteiger partial charge >= 0.3 is 0 Å². The zero-order chi connectivity index (χ0) is 11.3. The fourth-order valence-corrected chi connectivity index (χ4v) is 1.83. The molecule has 1 N–H and O–H groups in total. The molecule has 1 aliphatic carbocycles. The third-order valence-corrected chi connectivity index (χ3v) is 3.41. The predicted molar refractivity (Wildman–Crippen MR) is 65.7 cm³/mol. The van der Waals surface area contributed by atoms with E-state index in [0.717, 1.165) is 25.7 Å². The van der Waals surface area contributed by atoms with Crippen LogP contribution in [0.25, 0.3) is 0 Å². The van der Waals surface area contributed by atoms with Gasteiger partial charge in [-0.05, 0) is 38.8 Å². The molecule has 0 bridgehead atoms. The molecular weight excluding hydrogens is 184 g/mol. The molecule has 2 heteroatoms. The van der Waals surface area contributed by atoms with Gasteiger partial charge < -0.3 is 5.32 Å². The van der Waals surface area contributed by atoms with E-state index < -0.39 is 0 Å². The molecule has 2 nitrogen and oxygen atoms in total. The van der Waals surface area contributed by atoms with Crippen LogP contribution in [0.5, 0.6) is 0 Å². The molecule has 86 valence electrons. The molecule has 0 aromatic carbocycles. The summed E-state index contributed by atoms with van der Waals surface area (Å²) in [5, 5.41) is 3.58. The second-order valence-electron chi connectivity index (χ2n) is 4.67. The van der Waals surface area contributed by atoms with Crippen molar-refractivity contribution in [2.24, 2.45) is 5.92 Å². The second kappa shape index (κ2) is 6.15. The summed E-state index contributed by atoms with van der Waals surface area (Å²) in [5.74, 6) is 3.40. The van der Waals surface area contributed by atoms with E-state index in [0.29, 0.717) is 12.0 Å². The molecule has 0 aromatic heterocycles. The molecule has 0 aliphatic heterocycles. The highest BCUT2D eigenvalue weighted by atomic mass is 15.1. The SMILES string of the molecule is C#CCN(CC)C(C)C(C)CNC1CC1. The molecule has 0 spiro atoms. The van der Waals surface area contributed by atoms with Crippen molar-refractivity contribution < 1.29 is 0 Å². The molecular formula is C13H24N2. The summed E-state index contributed by atoms with van der Waals surface area (Å²) in [6, 6.07) is 1.37. The molecule has 0 amide bonds. The van der Waals surface area contributed by atoms with Gasteiger partial charge in [-0.1, -0.05) is 19.8 Å². The van der Waals surface area contributed by atoms with Crippen molar-refractivity contribution in [1.82, 2.24) is 10.2 Å². The summed E-state index contributed by atoms with van der Waals surface area (Å²) in [7, 11) is 0. The van der Waals surface area contributed by atoms with E-state index in [1.165, 1.54) is 12.8 Å². The van der Waals surface area contributed by atoms with Crippen molar-refractivity contribution in [3.05, 3.63) is 0 Å². The third-order valence-electron chi connectivity index (χ3n) is 3.41. The molecule has 2 unspecified atom stereocenters. The number of terminal acetylenes is 1. The number of hydrogen-bond acceptors (Lipinski definition) is 2. The van der Waals surface area contributed by atoms with Crippen LogP contribution in [-0.2, 0) is 0 Å². The van der Waals surface area contributed by atoms with Crippen LogP contribution < -0.4 is 5.32 Å². The van der Waals surface area contributed by atoms with Crippen molar-refractivity contribution in [3.8, 4) is 12.3 Å². The lowest BCUT2D eigenvalue weighted by molar-refractivity contribution is 0.187. The molecule has 0 saturated heterocycles. The third kappa shape index (κ3) is 4.24. The van der Waals surface area contributed by atoms with E-state index in [9.17, 15) is 0 Å². The Bertz CT molecular complexity index is 215. The highest BCUT2D eigenvalue weighted by molar-refractivity contribution is 4.91. The summed E-state index contributed by atoms with van der Waals surface area (Å²) in [6.07, 6.45) is 8.10. The molecule has 1 fully saturated rings. The van der Waals surface area contributed by atoms with Gasteiger partial charge in [0.25, 0.3) is 0 Å². The Balaban J connectivity index is 2.27. The van der Waals surface area contributed by atoms with Gasteiger partial charge in [0, 0.05) is 12.1 Å². The standard InChI is InChI=1S/C13H24N2/c1-5-9-15(6-2)12(4)11(3)10-14-13-7-8-13/h1,11-14H,6-10H2,2-4H3. The Kier molecular flexibility index (Phi) is 5.14. The first kappa shape index (κ1) is 12.5. The first-order valence-corrected chi connectivity index (χ1v) is 6.09. The maximum absolute atomic E-state index is 5.37. The average molecular weight is 208 g/mol. The minimum atomic E-state index is 0.567. The van der Waals surface area contributed by atoms with Crippen LogP contribution in [0, 0.1) is 18.3 Å². The lowest BCUT2D eigenvalue weighted by Gasteiger charge is -2.31. The van der Waals surface area contributed by atoms with Crippen LogP contribution in [0.4, 0.5) is 0 Å². The van der Waals surface area contributed by atoms with Crippen LogP contribution in [0.3, 0.4) is 0 Å². The highest BCUT2D eigenvalue weighted by Gasteiger charge is 2.23. The molecule has 2 atom stereocenters. The van der Waals surface area contributed by atoms with Crippen LogP contribution >= 0.6 is 0 Å². The Morgan fingerprint density at radius 2 is 2.13 bits per heavy atom. The van der Waals surface area contributed by atoms with Gasteiger partial charge in [-0.25, -0.2) is 0 Å². The number of nitrogens with one attached hydrogen (secondary N) is 1. The van der Waals surface area contributed by atoms with Gasteiger partial charge in [-0.15, -0.1) is 6.42 Å². The lowest BCUT2D eigenvalue weighted by Crippen LogP contribution is -2.41. The predicted octanol–water partition coefficient (Wildman–Crippen LogP) is 1.72. The summed E-state index contributed by atoms with van der Waals surface area (Å²) < 4.78 is 0.